The molecule has 0 atom stereocenters. The molecule has 0 saturated heterocycles. The van der Waals surface area contributed by atoms with E-state index in [1.165, 1.54) is 0 Å². The number of nitrogens with one attached hydrogen (secondary N) is 4. The van der Waals surface area contributed by atoms with Crippen LogP contribution in [0.4, 0.5) is 0 Å². The normalized spacial score (nSPS) is 7.05. The molecule has 4 N–H and O–H groups in total. The molecule has 0 fully saturated rings. The van der Waals surface area contributed by atoms with Gasteiger partial charge in [-0.1, -0.05) is 27.7 Å². The summed E-state index contributed by atoms with van der Waals surface area (Å²) in [5.41, 5.74) is 24.8. The number of amides is 4. The van der Waals surface area contributed by atoms with E-state index in [0.717, 1.165) is 0 Å². The van der Waals surface area contributed by atoms with Crippen LogP contribution in [0.1, 0.15) is 53.4 Å². The summed E-state index contributed by atoms with van der Waals surface area (Å²) in [6.45, 7) is 6.65. The van der Waals surface area contributed by atoms with Crippen molar-refractivity contribution in [2.75, 3.05) is 0 Å². The molecule has 21 heavy (non-hydrogen) atoms. The summed E-state index contributed by atoms with van der Waals surface area (Å²) in [4.78, 5) is 37.9. The maximum absolute atomic E-state index is 9.48. The van der Waals surface area contributed by atoms with E-state index in [1.807, 2.05) is 0 Å². The Labute approximate surface area is 138 Å². The van der Waals surface area contributed by atoms with E-state index in [1.54, 1.807) is 27.7 Å². The van der Waals surface area contributed by atoms with Crippen LogP contribution in [0, 0.1) is 0 Å². The number of rotatable bonds is 4. The van der Waals surface area contributed by atoms with Gasteiger partial charge in [0.1, 0.15) is 0 Å². The second kappa shape index (κ2) is 26.9. The molecule has 0 rings (SSSR count). The molecular weight excluding hydrogens is 315 g/mol. The number of hydrogen-bond acceptors (Lipinski definition) is 4. The fourth-order valence-electron chi connectivity index (χ4n) is 0. The summed E-state index contributed by atoms with van der Waals surface area (Å²) in [5.74, 6) is -1.98. The van der Waals surface area contributed by atoms with E-state index < -0.39 is 23.6 Å². The third kappa shape index (κ3) is 120. The van der Waals surface area contributed by atoms with Gasteiger partial charge in [-0.2, -0.15) is 0 Å². The summed E-state index contributed by atoms with van der Waals surface area (Å²) in [7, 11) is 0. The fourth-order valence-corrected chi connectivity index (χ4v) is 0. The Hall–Kier alpha value is -1.54. The Kier molecular flexibility index (Phi) is 40.7. The quantitative estimate of drug-likeness (QED) is 0.758. The molecule has 8 nitrogen and oxygen atoms in total. The van der Waals surface area contributed by atoms with Crippen molar-refractivity contribution in [1.82, 2.24) is 0 Å². The van der Waals surface area contributed by atoms with E-state index in [4.69, 9.17) is 22.9 Å². The molecule has 0 saturated carbocycles. The maximum Gasteiger partial charge on any atom is 4.00 e. The van der Waals surface area contributed by atoms with Gasteiger partial charge in [0.05, 0.1) is 0 Å². The molecule has 0 unspecified atom stereocenters. The van der Waals surface area contributed by atoms with Crippen LogP contribution < -0.4 is 0 Å². The molecule has 0 bridgehead atoms. The van der Waals surface area contributed by atoms with Crippen molar-refractivity contribution >= 4 is 23.6 Å². The van der Waals surface area contributed by atoms with Crippen molar-refractivity contribution in [3.8, 4) is 0 Å². The van der Waals surface area contributed by atoms with Crippen LogP contribution in [0.5, 0.6) is 0 Å². The minimum absolute atomic E-state index is 0. The van der Waals surface area contributed by atoms with Gasteiger partial charge in [0.15, 0.2) is 0 Å². The minimum Gasteiger partial charge on any atom is -0.668 e. The van der Waals surface area contributed by atoms with Crippen LogP contribution in [0.3, 0.4) is 0 Å². The summed E-state index contributed by atoms with van der Waals surface area (Å²) < 4.78 is 0. The van der Waals surface area contributed by atoms with Crippen LogP contribution in [-0.2, 0) is 37.7 Å². The monoisotopic (exact) mass is 339 g/mol. The van der Waals surface area contributed by atoms with Gasteiger partial charge < -0.3 is 42.1 Å². The third-order valence-electron chi connectivity index (χ3n) is 1.28. The van der Waals surface area contributed by atoms with Gasteiger partial charge in [-0.25, -0.2) is 0 Å². The average molecular weight is 339 g/mol. The summed E-state index contributed by atoms with van der Waals surface area (Å²) >= 11 is 0. The van der Waals surface area contributed by atoms with Gasteiger partial charge in [0.25, 0.3) is 0 Å². The molecule has 0 aliphatic rings. The van der Waals surface area contributed by atoms with Gasteiger partial charge in [-0.15, -0.1) is 0 Å². The number of hydrogen-bond donors (Lipinski definition) is 0. The molecule has 0 aromatic rings. The van der Waals surface area contributed by atoms with E-state index in [-0.39, 0.29) is 18.6 Å². The van der Waals surface area contributed by atoms with E-state index in [2.05, 4.69) is 0 Å². The van der Waals surface area contributed by atoms with E-state index in [0.29, 0.717) is 25.7 Å². The SMILES string of the molecule is CCC([NH-])=O.CCC([NH-])=O.CCC([NH-])=O.CCC([NH-])=O.[V+4]. The summed E-state index contributed by atoms with van der Waals surface area (Å²) in [6, 6.07) is 0. The predicted molar refractivity (Wildman–Crippen MR) is 78.5 cm³/mol. The largest absolute Gasteiger partial charge is 4.00 e. The molecule has 0 aromatic heterocycles. The second-order valence-corrected chi connectivity index (χ2v) is 3.11. The zero-order valence-electron chi connectivity index (χ0n) is 12.9. The zero-order valence-corrected chi connectivity index (χ0v) is 14.3. The van der Waals surface area contributed by atoms with Crippen LogP contribution in [-0.4, -0.2) is 23.6 Å². The van der Waals surface area contributed by atoms with Crippen molar-refractivity contribution in [1.29, 1.82) is 0 Å². The molecule has 4 amide bonds. The first kappa shape index (κ1) is 31.7. The van der Waals surface area contributed by atoms with Crippen molar-refractivity contribution in [2.24, 2.45) is 0 Å². The fraction of sp³-hybridized carbons (Fsp3) is 0.667. The molecule has 0 aliphatic carbocycles. The minimum atomic E-state index is -0.495. The maximum atomic E-state index is 9.48. The molecule has 1 radical (unpaired) electrons. The molecular formula is C12H24N4O4V. The molecule has 0 aliphatic heterocycles. The predicted octanol–water partition coefficient (Wildman–Crippen LogP) is 3.90. The first-order valence-electron chi connectivity index (χ1n) is 6.06. The van der Waals surface area contributed by atoms with E-state index in [9.17, 15) is 19.2 Å². The Bertz CT molecular complexity index is 230. The Morgan fingerprint density at radius 1 is 0.524 bits per heavy atom. The molecule has 0 aromatic carbocycles. The number of carbonyl (C=O) groups excluding carboxylic acids is 4. The summed E-state index contributed by atoms with van der Waals surface area (Å²) in [5, 5.41) is 0. The van der Waals surface area contributed by atoms with Crippen LogP contribution in [0.25, 0.3) is 22.9 Å². The second-order valence-electron chi connectivity index (χ2n) is 3.11. The topological polar surface area (TPSA) is 163 Å². The van der Waals surface area contributed by atoms with Crippen molar-refractivity contribution in [3.05, 3.63) is 22.9 Å². The van der Waals surface area contributed by atoms with Crippen LogP contribution in [0.15, 0.2) is 0 Å². The van der Waals surface area contributed by atoms with Crippen molar-refractivity contribution in [2.45, 2.75) is 53.4 Å². The first-order valence-corrected chi connectivity index (χ1v) is 6.06. The first-order chi connectivity index (χ1) is 9.08. The van der Waals surface area contributed by atoms with E-state index >= 15 is 0 Å². The van der Waals surface area contributed by atoms with Crippen molar-refractivity contribution in [3.63, 3.8) is 0 Å². The average Bonchev–Trinajstić information content (AvgIpc) is 2.40. The molecule has 0 spiro atoms. The molecule has 0 heterocycles. The van der Waals surface area contributed by atoms with Gasteiger partial charge >= 0.3 is 18.6 Å². The Morgan fingerprint density at radius 2 is 0.571 bits per heavy atom. The molecule has 9 heteroatoms. The Morgan fingerprint density at radius 3 is 0.571 bits per heavy atom. The third-order valence-corrected chi connectivity index (χ3v) is 1.28. The molecule has 121 valence electrons. The van der Waals surface area contributed by atoms with Gasteiger partial charge in [-0.05, 0) is 25.7 Å². The van der Waals surface area contributed by atoms with Gasteiger partial charge in [0.2, 0.25) is 0 Å². The van der Waals surface area contributed by atoms with Crippen LogP contribution >= 0.6 is 0 Å². The standard InChI is InChI=1S/4C3H7NO.V/c4*1-2-3(4)5;/h4*2H2,1H3,(H2,4,5);/q;;;;+4/p-4. The van der Waals surface area contributed by atoms with Gasteiger partial charge in [-0.3, -0.25) is 0 Å². The zero-order chi connectivity index (χ0) is 17.1. The number of carbonyl (C=O) groups is 4. The van der Waals surface area contributed by atoms with Crippen molar-refractivity contribution < 1.29 is 37.7 Å². The summed E-state index contributed by atoms with van der Waals surface area (Å²) in [6.07, 6.45) is 1.33. The Balaban J connectivity index is -0.0000000533. The van der Waals surface area contributed by atoms with Crippen LogP contribution in [0.2, 0.25) is 0 Å². The smallest absolute Gasteiger partial charge is 0.668 e. The van der Waals surface area contributed by atoms with Gasteiger partial charge in [0, 0.05) is 23.6 Å².